The van der Waals surface area contributed by atoms with Gasteiger partial charge >= 0.3 is 14.2 Å². The Balaban J connectivity index is 1.26. The first-order valence-electron chi connectivity index (χ1n) is 10.8. The first kappa shape index (κ1) is 20.5. The molecule has 0 fully saturated rings. The van der Waals surface area contributed by atoms with E-state index in [0.29, 0.717) is 23.0 Å². The summed E-state index contributed by atoms with van der Waals surface area (Å²) in [5, 5.41) is 0. The summed E-state index contributed by atoms with van der Waals surface area (Å²) in [6, 6.07) is 19.1. The van der Waals surface area contributed by atoms with E-state index in [1.54, 1.807) is 0 Å². The summed E-state index contributed by atoms with van der Waals surface area (Å²) in [5.41, 5.74) is 1.81. The molecule has 0 bridgehead atoms. The highest BCUT2D eigenvalue weighted by Gasteiger charge is 2.39. The van der Waals surface area contributed by atoms with Gasteiger partial charge in [0.15, 0.2) is 0 Å². The maximum Gasteiger partial charge on any atom is 0.632 e. The summed E-state index contributed by atoms with van der Waals surface area (Å²) in [7, 11) is -1.05. The molecule has 2 aliphatic heterocycles. The molecule has 6 nitrogen and oxygen atoms in total. The fourth-order valence-corrected chi connectivity index (χ4v) is 3.62. The van der Waals surface area contributed by atoms with Crippen LogP contribution in [0.15, 0.2) is 60.7 Å². The van der Waals surface area contributed by atoms with E-state index < -0.39 is 14.2 Å². The number of hydrogen-bond donors (Lipinski definition) is 0. The molecule has 0 saturated carbocycles. The fourth-order valence-electron chi connectivity index (χ4n) is 3.62. The Kier molecular flexibility index (Phi) is 5.29. The molecular weight excluding hydrogens is 406 g/mol. The van der Waals surface area contributed by atoms with Gasteiger partial charge in [0.25, 0.3) is 0 Å². The second-order valence-corrected chi connectivity index (χ2v) is 8.35. The minimum Gasteiger partial charge on any atom is -0.519 e. The molecule has 0 unspecified atom stereocenters. The molecule has 0 atom stereocenters. The van der Waals surface area contributed by atoms with E-state index in [9.17, 15) is 0 Å². The predicted octanol–water partition coefficient (Wildman–Crippen LogP) is 3.59. The van der Waals surface area contributed by atoms with Gasteiger partial charge in [-0.1, -0.05) is 24.3 Å². The molecule has 0 aliphatic carbocycles. The zero-order valence-electron chi connectivity index (χ0n) is 18.5. The second kappa shape index (κ2) is 8.26. The lowest BCUT2D eigenvalue weighted by atomic mass is 9.79. The van der Waals surface area contributed by atoms with Gasteiger partial charge in [0.1, 0.15) is 34.5 Å². The lowest BCUT2D eigenvalue weighted by Gasteiger charge is -2.11. The molecule has 3 aromatic carbocycles. The van der Waals surface area contributed by atoms with E-state index in [1.807, 2.05) is 88.4 Å². The highest BCUT2D eigenvalue weighted by molar-refractivity contribution is 6.64. The van der Waals surface area contributed by atoms with Crippen LogP contribution in [0.25, 0.3) is 0 Å². The normalized spacial score (nSPS) is 13.8. The van der Waals surface area contributed by atoms with Gasteiger partial charge in [-0.25, -0.2) is 0 Å². The van der Waals surface area contributed by atoms with Crippen LogP contribution in [0, 0.1) is 0 Å². The standard InChI is InChI=1S/C24H24B2O6/c1-15(2)27-19-9-5-17(6-10-19)25-29-21-13-23-24(14-22(21)30-25)32-26(31-23)18-7-11-20(12-8-18)28-16(3)4/h5-16H,1-4H3. The Labute approximate surface area is 188 Å². The third kappa shape index (κ3) is 4.17. The van der Waals surface area contributed by atoms with Crippen molar-refractivity contribution in [3.63, 3.8) is 0 Å². The largest absolute Gasteiger partial charge is 0.632 e. The van der Waals surface area contributed by atoms with Crippen molar-refractivity contribution in [2.45, 2.75) is 39.9 Å². The van der Waals surface area contributed by atoms with E-state index in [1.165, 1.54) is 0 Å². The first-order valence-corrected chi connectivity index (χ1v) is 10.8. The molecule has 8 heteroatoms. The van der Waals surface area contributed by atoms with Crippen LogP contribution in [0.3, 0.4) is 0 Å². The van der Waals surface area contributed by atoms with E-state index in [4.69, 9.17) is 28.1 Å². The Morgan fingerprint density at radius 2 is 0.844 bits per heavy atom. The van der Waals surface area contributed by atoms with Crippen molar-refractivity contribution in [1.29, 1.82) is 0 Å². The van der Waals surface area contributed by atoms with Crippen LogP contribution in [0.2, 0.25) is 0 Å². The van der Waals surface area contributed by atoms with E-state index in [0.717, 1.165) is 22.4 Å². The maximum atomic E-state index is 6.02. The van der Waals surface area contributed by atoms with Gasteiger partial charge in [-0.2, -0.15) is 0 Å². The molecule has 0 spiro atoms. The summed E-state index contributed by atoms with van der Waals surface area (Å²) in [6.07, 6.45) is 0.253. The zero-order chi connectivity index (χ0) is 22.2. The van der Waals surface area contributed by atoms with Crippen LogP contribution in [-0.4, -0.2) is 26.4 Å². The van der Waals surface area contributed by atoms with Crippen LogP contribution in [-0.2, 0) is 0 Å². The second-order valence-electron chi connectivity index (χ2n) is 8.35. The van der Waals surface area contributed by atoms with Crippen LogP contribution in [0.4, 0.5) is 0 Å². The molecule has 162 valence electrons. The summed E-state index contributed by atoms with van der Waals surface area (Å²) < 4.78 is 35.5. The van der Waals surface area contributed by atoms with Gasteiger partial charge in [-0.05, 0) is 52.0 Å². The molecule has 32 heavy (non-hydrogen) atoms. The molecule has 2 heterocycles. The summed E-state index contributed by atoms with van der Waals surface area (Å²) in [5.74, 6) is 4.13. The maximum absolute atomic E-state index is 6.02. The average molecular weight is 430 g/mol. The topological polar surface area (TPSA) is 55.4 Å². The third-order valence-corrected chi connectivity index (χ3v) is 4.99. The Bertz CT molecular complexity index is 979. The molecule has 0 saturated heterocycles. The number of hydrogen-bond acceptors (Lipinski definition) is 6. The van der Waals surface area contributed by atoms with Gasteiger partial charge in [0, 0.05) is 23.1 Å². The Morgan fingerprint density at radius 1 is 0.531 bits per heavy atom. The molecule has 0 radical (unpaired) electrons. The van der Waals surface area contributed by atoms with Crippen LogP contribution >= 0.6 is 0 Å². The number of rotatable bonds is 6. The molecule has 3 aromatic rings. The smallest absolute Gasteiger partial charge is 0.519 e. The minimum atomic E-state index is -0.523. The average Bonchev–Trinajstić information content (AvgIpc) is 3.35. The van der Waals surface area contributed by atoms with Crippen molar-refractivity contribution in [2.75, 3.05) is 0 Å². The van der Waals surface area contributed by atoms with Gasteiger partial charge < -0.3 is 28.1 Å². The van der Waals surface area contributed by atoms with E-state index in [2.05, 4.69) is 0 Å². The third-order valence-electron chi connectivity index (χ3n) is 4.99. The van der Waals surface area contributed by atoms with Gasteiger partial charge in [0.05, 0.1) is 12.2 Å². The quantitative estimate of drug-likeness (QED) is 0.558. The van der Waals surface area contributed by atoms with E-state index >= 15 is 0 Å². The molecule has 0 amide bonds. The monoisotopic (exact) mass is 430 g/mol. The van der Waals surface area contributed by atoms with Gasteiger partial charge in [0.2, 0.25) is 0 Å². The highest BCUT2D eigenvalue weighted by atomic mass is 16.6. The fraction of sp³-hybridized carbons (Fsp3) is 0.250. The highest BCUT2D eigenvalue weighted by Crippen LogP contribution is 2.45. The molecule has 5 rings (SSSR count). The molecule has 2 aliphatic rings. The molecular formula is C24H24B2O6. The van der Waals surface area contributed by atoms with Crippen molar-refractivity contribution in [3.8, 4) is 34.5 Å². The summed E-state index contributed by atoms with van der Waals surface area (Å²) in [6.45, 7) is 7.99. The lowest BCUT2D eigenvalue weighted by molar-refractivity contribution is 0.242. The van der Waals surface area contributed by atoms with Crippen LogP contribution in [0.5, 0.6) is 34.5 Å². The molecule has 0 N–H and O–H groups in total. The van der Waals surface area contributed by atoms with E-state index in [-0.39, 0.29) is 12.2 Å². The van der Waals surface area contributed by atoms with Crippen LogP contribution < -0.4 is 39.0 Å². The van der Waals surface area contributed by atoms with Crippen molar-refractivity contribution in [1.82, 2.24) is 0 Å². The lowest BCUT2D eigenvalue weighted by Crippen LogP contribution is -2.39. The summed E-state index contributed by atoms with van der Waals surface area (Å²) >= 11 is 0. The first-order chi connectivity index (χ1) is 15.4. The van der Waals surface area contributed by atoms with Crippen LogP contribution in [0.1, 0.15) is 27.7 Å². The SMILES string of the molecule is CC(C)Oc1ccc(B2Oc3cc4c(cc3O2)OB(c2ccc(OC(C)C)cc2)O4)cc1. The molecule has 0 aromatic heterocycles. The zero-order valence-corrected chi connectivity index (χ0v) is 18.5. The number of fused-ring (bicyclic) bond motifs is 2. The minimum absolute atomic E-state index is 0.126. The number of ether oxygens (including phenoxy) is 2. The van der Waals surface area contributed by atoms with Crippen molar-refractivity contribution in [2.24, 2.45) is 0 Å². The number of benzene rings is 3. The Morgan fingerprint density at radius 3 is 1.12 bits per heavy atom. The summed E-state index contributed by atoms with van der Waals surface area (Å²) in [4.78, 5) is 0. The van der Waals surface area contributed by atoms with Gasteiger partial charge in [-0.15, -0.1) is 0 Å². The predicted molar refractivity (Wildman–Crippen MR) is 124 cm³/mol. The van der Waals surface area contributed by atoms with Gasteiger partial charge in [-0.3, -0.25) is 0 Å². The van der Waals surface area contributed by atoms with Crippen molar-refractivity contribution >= 4 is 25.2 Å². The Hall–Kier alpha value is -3.41. The van der Waals surface area contributed by atoms with Crippen molar-refractivity contribution < 1.29 is 28.1 Å². The van der Waals surface area contributed by atoms with Crippen molar-refractivity contribution in [3.05, 3.63) is 60.7 Å².